The second-order valence-corrected chi connectivity index (χ2v) is 5.38. The third-order valence-electron chi connectivity index (χ3n) is 3.23. The van der Waals surface area contributed by atoms with Crippen molar-refractivity contribution in [1.29, 1.82) is 0 Å². The monoisotopic (exact) mass is 336 g/mol. The van der Waals surface area contributed by atoms with E-state index in [1.807, 2.05) is 0 Å². The van der Waals surface area contributed by atoms with Crippen molar-refractivity contribution >= 4 is 17.6 Å². The maximum atomic E-state index is 12.2. The van der Waals surface area contributed by atoms with E-state index in [0.717, 1.165) is 6.07 Å². The lowest BCUT2D eigenvalue weighted by atomic mass is 9.99. The quantitative estimate of drug-likeness (QED) is 0.308. The number of nitrogens with one attached hydrogen (secondary N) is 1. The number of carboxylic acids is 1. The van der Waals surface area contributed by atoms with E-state index < -0.39 is 22.8 Å². The molecular formula is C16H20N2O6. The van der Waals surface area contributed by atoms with E-state index in [-0.39, 0.29) is 30.4 Å². The van der Waals surface area contributed by atoms with Crippen LogP contribution in [0.3, 0.4) is 0 Å². The average Bonchev–Trinajstić information content (AvgIpc) is 2.52. The Morgan fingerprint density at radius 1 is 1.46 bits per heavy atom. The standard InChI is InChI=1S/C16H20N2O6/c1-4-7-24-9-13(16(20)21)17-15(19)11-5-6-12(10(2)3)14(8-11)18(22)23/h4-6,8,10,13H,1,7,9H2,2-3H3,(H,17,19)(H,20,21). The maximum Gasteiger partial charge on any atom is 0.328 e. The fourth-order valence-electron chi connectivity index (χ4n) is 2.02. The van der Waals surface area contributed by atoms with Crippen LogP contribution in [0, 0.1) is 10.1 Å². The molecule has 130 valence electrons. The predicted octanol–water partition coefficient (Wildman–Crippen LogP) is 2.10. The molecule has 1 rings (SSSR count). The molecule has 1 aromatic carbocycles. The normalized spacial score (nSPS) is 11.8. The van der Waals surface area contributed by atoms with E-state index in [4.69, 9.17) is 9.84 Å². The number of benzene rings is 1. The van der Waals surface area contributed by atoms with Crippen LogP contribution in [0.5, 0.6) is 0 Å². The highest BCUT2D eigenvalue weighted by atomic mass is 16.6. The molecule has 0 radical (unpaired) electrons. The van der Waals surface area contributed by atoms with Gasteiger partial charge in [0.15, 0.2) is 6.04 Å². The highest BCUT2D eigenvalue weighted by Gasteiger charge is 2.23. The molecule has 0 aromatic heterocycles. The van der Waals surface area contributed by atoms with Gasteiger partial charge in [0.25, 0.3) is 11.6 Å². The number of nitro benzene ring substituents is 1. The van der Waals surface area contributed by atoms with Crippen LogP contribution in [0.1, 0.15) is 35.7 Å². The van der Waals surface area contributed by atoms with Gasteiger partial charge in [-0.05, 0) is 12.0 Å². The summed E-state index contributed by atoms with van der Waals surface area (Å²) in [5.41, 5.74) is 0.342. The fraction of sp³-hybridized carbons (Fsp3) is 0.375. The zero-order valence-corrected chi connectivity index (χ0v) is 13.5. The summed E-state index contributed by atoms with van der Waals surface area (Å²) in [6.07, 6.45) is 1.45. The fourth-order valence-corrected chi connectivity index (χ4v) is 2.02. The van der Waals surface area contributed by atoms with Gasteiger partial charge >= 0.3 is 5.97 Å². The molecule has 0 fully saturated rings. The minimum absolute atomic E-state index is 0.0149. The van der Waals surface area contributed by atoms with E-state index in [0.29, 0.717) is 5.56 Å². The number of hydrogen-bond acceptors (Lipinski definition) is 5. The molecule has 0 aliphatic rings. The molecule has 0 saturated heterocycles. The molecule has 2 N–H and O–H groups in total. The van der Waals surface area contributed by atoms with Crippen LogP contribution in [0.25, 0.3) is 0 Å². The number of nitrogens with zero attached hydrogens (tertiary/aromatic N) is 1. The van der Waals surface area contributed by atoms with Crippen molar-refractivity contribution in [3.8, 4) is 0 Å². The van der Waals surface area contributed by atoms with Crippen molar-refractivity contribution in [1.82, 2.24) is 5.32 Å². The molecule has 0 heterocycles. The second kappa shape index (κ2) is 8.78. The van der Waals surface area contributed by atoms with Crippen LogP contribution in [-0.4, -0.2) is 41.2 Å². The number of aliphatic carboxylic acids is 1. The van der Waals surface area contributed by atoms with Gasteiger partial charge in [-0.3, -0.25) is 14.9 Å². The van der Waals surface area contributed by atoms with Gasteiger partial charge in [-0.1, -0.05) is 26.0 Å². The lowest BCUT2D eigenvalue weighted by molar-refractivity contribution is -0.385. The van der Waals surface area contributed by atoms with Crippen molar-refractivity contribution in [3.63, 3.8) is 0 Å². The molecule has 1 aromatic rings. The molecule has 0 aliphatic heterocycles. The van der Waals surface area contributed by atoms with Crippen molar-refractivity contribution in [2.45, 2.75) is 25.8 Å². The Kier molecular flexibility index (Phi) is 7.06. The van der Waals surface area contributed by atoms with E-state index in [1.165, 1.54) is 18.2 Å². The first-order valence-electron chi connectivity index (χ1n) is 7.28. The molecule has 8 nitrogen and oxygen atoms in total. The van der Waals surface area contributed by atoms with E-state index in [2.05, 4.69) is 11.9 Å². The van der Waals surface area contributed by atoms with Gasteiger partial charge in [0.1, 0.15) is 0 Å². The van der Waals surface area contributed by atoms with Crippen LogP contribution >= 0.6 is 0 Å². The first-order valence-corrected chi connectivity index (χ1v) is 7.28. The zero-order chi connectivity index (χ0) is 18.3. The lowest BCUT2D eigenvalue weighted by Crippen LogP contribution is -2.44. The highest BCUT2D eigenvalue weighted by Crippen LogP contribution is 2.27. The zero-order valence-electron chi connectivity index (χ0n) is 13.5. The van der Waals surface area contributed by atoms with Gasteiger partial charge in [0, 0.05) is 17.2 Å². The molecule has 1 unspecified atom stereocenters. The second-order valence-electron chi connectivity index (χ2n) is 5.38. The van der Waals surface area contributed by atoms with Gasteiger partial charge in [0.2, 0.25) is 0 Å². The summed E-state index contributed by atoms with van der Waals surface area (Å²) >= 11 is 0. The molecule has 1 atom stereocenters. The minimum Gasteiger partial charge on any atom is -0.480 e. The number of rotatable bonds is 9. The summed E-state index contributed by atoms with van der Waals surface area (Å²) in [6, 6.07) is 2.82. The smallest absolute Gasteiger partial charge is 0.328 e. The molecule has 8 heteroatoms. The Bertz CT molecular complexity index is 641. The van der Waals surface area contributed by atoms with Gasteiger partial charge in [-0.15, -0.1) is 6.58 Å². The van der Waals surface area contributed by atoms with Crippen molar-refractivity contribution in [2.24, 2.45) is 0 Å². The van der Waals surface area contributed by atoms with Crippen LogP contribution in [0.4, 0.5) is 5.69 Å². The molecule has 0 aliphatic carbocycles. The number of carbonyl (C=O) groups excluding carboxylic acids is 1. The van der Waals surface area contributed by atoms with E-state index >= 15 is 0 Å². The summed E-state index contributed by atoms with van der Waals surface area (Å²) in [6.45, 7) is 6.96. The third kappa shape index (κ3) is 5.17. The van der Waals surface area contributed by atoms with Crippen molar-refractivity contribution in [2.75, 3.05) is 13.2 Å². The number of hydrogen-bond donors (Lipinski definition) is 2. The summed E-state index contributed by atoms with van der Waals surface area (Å²) in [5, 5.41) is 22.5. The molecule has 0 bridgehead atoms. The topological polar surface area (TPSA) is 119 Å². The maximum absolute atomic E-state index is 12.2. The Morgan fingerprint density at radius 2 is 2.12 bits per heavy atom. The molecule has 1 amide bonds. The molecule has 0 spiro atoms. The first kappa shape index (κ1) is 19.3. The van der Waals surface area contributed by atoms with Gasteiger partial charge in [-0.25, -0.2) is 4.79 Å². The average molecular weight is 336 g/mol. The summed E-state index contributed by atoms with van der Waals surface area (Å²) in [7, 11) is 0. The number of amides is 1. The number of nitro groups is 1. The molecule has 0 saturated carbocycles. The SMILES string of the molecule is C=CCOCC(NC(=O)c1ccc(C(C)C)c([N+](=O)[O-])c1)C(=O)O. The van der Waals surface area contributed by atoms with Crippen LogP contribution in [0.15, 0.2) is 30.9 Å². The lowest BCUT2D eigenvalue weighted by Gasteiger charge is -2.15. The minimum atomic E-state index is -1.26. The van der Waals surface area contributed by atoms with E-state index in [1.54, 1.807) is 13.8 Å². The highest BCUT2D eigenvalue weighted by molar-refractivity contribution is 5.97. The van der Waals surface area contributed by atoms with Gasteiger partial charge < -0.3 is 15.2 Å². The number of ether oxygens (including phenoxy) is 1. The first-order chi connectivity index (χ1) is 11.3. The van der Waals surface area contributed by atoms with E-state index in [9.17, 15) is 19.7 Å². The summed E-state index contributed by atoms with van der Waals surface area (Å²) < 4.78 is 5.03. The van der Waals surface area contributed by atoms with Crippen LogP contribution in [0.2, 0.25) is 0 Å². The predicted molar refractivity (Wildman–Crippen MR) is 87.1 cm³/mol. The van der Waals surface area contributed by atoms with Crippen molar-refractivity contribution < 1.29 is 24.4 Å². The van der Waals surface area contributed by atoms with Crippen LogP contribution in [-0.2, 0) is 9.53 Å². The van der Waals surface area contributed by atoms with Gasteiger partial charge in [0.05, 0.1) is 18.1 Å². The molecular weight excluding hydrogens is 316 g/mol. The Balaban J connectivity index is 2.97. The van der Waals surface area contributed by atoms with Crippen molar-refractivity contribution in [3.05, 3.63) is 52.1 Å². The van der Waals surface area contributed by atoms with Crippen LogP contribution < -0.4 is 5.32 Å². The Labute approximate surface area is 139 Å². The number of carbonyl (C=O) groups is 2. The Hall–Kier alpha value is -2.74. The molecule has 24 heavy (non-hydrogen) atoms. The van der Waals surface area contributed by atoms with Gasteiger partial charge in [-0.2, -0.15) is 0 Å². The largest absolute Gasteiger partial charge is 0.480 e. The summed E-state index contributed by atoms with van der Waals surface area (Å²) in [5.74, 6) is -2.06. The Morgan fingerprint density at radius 3 is 2.62 bits per heavy atom. The number of carboxylic acid groups (broad SMARTS) is 1. The summed E-state index contributed by atoms with van der Waals surface area (Å²) in [4.78, 5) is 33.9. The third-order valence-corrected chi connectivity index (χ3v) is 3.23.